The summed E-state index contributed by atoms with van der Waals surface area (Å²) in [5, 5.41) is 12.0. The maximum absolute atomic E-state index is 13.5. The number of nitrogens with one attached hydrogen (secondary N) is 2. The Hall–Kier alpha value is -4.04. The molecule has 4 aromatic rings. The van der Waals surface area contributed by atoms with Crippen molar-refractivity contribution in [2.24, 2.45) is 7.05 Å². The molecule has 5 rings (SSSR count). The van der Waals surface area contributed by atoms with E-state index in [0.717, 1.165) is 59.2 Å². The third-order valence-corrected chi connectivity index (χ3v) is 7.33. The van der Waals surface area contributed by atoms with Crippen molar-refractivity contribution in [3.8, 4) is 11.4 Å². The fourth-order valence-corrected chi connectivity index (χ4v) is 5.08. The van der Waals surface area contributed by atoms with Gasteiger partial charge in [-0.25, -0.2) is 4.98 Å². The molecule has 1 aliphatic rings. The van der Waals surface area contributed by atoms with Gasteiger partial charge in [-0.15, -0.1) is 0 Å². The Morgan fingerprint density at radius 1 is 1.11 bits per heavy atom. The molecule has 196 valence electrons. The Morgan fingerprint density at radius 2 is 1.92 bits per heavy atom. The highest BCUT2D eigenvalue weighted by atomic mass is 16.2. The van der Waals surface area contributed by atoms with Gasteiger partial charge in [-0.1, -0.05) is 30.7 Å². The number of para-hydroxylation sites is 1. The van der Waals surface area contributed by atoms with E-state index in [4.69, 9.17) is 4.98 Å². The van der Waals surface area contributed by atoms with Crippen molar-refractivity contribution in [2.75, 3.05) is 18.5 Å². The van der Waals surface area contributed by atoms with Gasteiger partial charge in [-0.05, 0) is 74.7 Å². The third kappa shape index (κ3) is 5.17. The Labute approximate surface area is 223 Å². The summed E-state index contributed by atoms with van der Waals surface area (Å²) in [4.78, 5) is 33.0. The van der Waals surface area contributed by atoms with Crippen LogP contribution in [0.1, 0.15) is 53.7 Å². The van der Waals surface area contributed by atoms with Crippen LogP contribution < -0.4 is 15.5 Å². The van der Waals surface area contributed by atoms with Crippen LogP contribution in [-0.2, 0) is 11.8 Å². The van der Waals surface area contributed by atoms with E-state index in [9.17, 15) is 9.59 Å². The van der Waals surface area contributed by atoms with Crippen LogP contribution in [0.2, 0.25) is 0 Å². The fourth-order valence-electron chi connectivity index (χ4n) is 5.08. The number of benzene rings is 2. The topological polar surface area (TPSA) is 92.2 Å². The summed E-state index contributed by atoms with van der Waals surface area (Å²) < 4.78 is 1.75. The van der Waals surface area contributed by atoms with Crippen molar-refractivity contribution in [1.82, 2.24) is 25.4 Å². The van der Waals surface area contributed by atoms with Gasteiger partial charge in [0.05, 0.1) is 23.3 Å². The Bertz CT molecular complexity index is 1490. The number of carbonyl (C=O) groups excluding carboxylic acids is 2. The van der Waals surface area contributed by atoms with E-state index < -0.39 is 0 Å². The number of amides is 2. The second kappa shape index (κ2) is 10.8. The van der Waals surface area contributed by atoms with Gasteiger partial charge >= 0.3 is 0 Å². The normalized spacial score (nSPS) is 16.3. The number of hydrogen-bond acceptors (Lipinski definition) is 5. The van der Waals surface area contributed by atoms with Gasteiger partial charge in [0.1, 0.15) is 5.69 Å². The molecule has 2 atom stereocenters. The van der Waals surface area contributed by atoms with Crippen molar-refractivity contribution in [2.45, 2.75) is 45.2 Å². The zero-order valence-corrected chi connectivity index (χ0v) is 22.4. The number of aryl methyl sites for hydroxylation is 2. The minimum atomic E-state index is -0.285. The highest BCUT2D eigenvalue weighted by Gasteiger charge is 2.25. The molecule has 8 nitrogen and oxygen atoms in total. The minimum absolute atomic E-state index is 0.0265. The second-order valence-corrected chi connectivity index (χ2v) is 10.1. The van der Waals surface area contributed by atoms with E-state index in [1.54, 1.807) is 16.6 Å². The fraction of sp³-hybridized carbons (Fsp3) is 0.333. The Balaban J connectivity index is 1.41. The van der Waals surface area contributed by atoms with Crippen LogP contribution in [0.4, 0.5) is 5.69 Å². The van der Waals surface area contributed by atoms with E-state index in [1.807, 2.05) is 81.7 Å². The quantitative estimate of drug-likeness (QED) is 0.397. The minimum Gasteiger partial charge on any atom is -0.345 e. The Kier molecular flexibility index (Phi) is 7.24. The number of carbonyl (C=O) groups is 2. The summed E-state index contributed by atoms with van der Waals surface area (Å²) in [5.74, 6) is -0.160. The zero-order valence-electron chi connectivity index (χ0n) is 22.4. The third-order valence-electron chi connectivity index (χ3n) is 7.33. The molecular formula is C30H34N6O2. The zero-order chi connectivity index (χ0) is 26.8. The van der Waals surface area contributed by atoms with Crippen LogP contribution >= 0.6 is 0 Å². The summed E-state index contributed by atoms with van der Waals surface area (Å²) in [6.07, 6.45) is 4.86. The van der Waals surface area contributed by atoms with Crippen LogP contribution in [0.5, 0.6) is 0 Å². The molecular weight excluding hydrogens is 476 g/mol. The molecule has 0 radical (unpaired) electrons. The van der Waals surface area contributed by atoms with Crippen molar-refractivity contribution in [3.05, 3.63) is 77.5 Å². The second-order valence-electron chi connectivity index (χ2n) is 10.1. The van der Waals surface area contributed by atoms with E-state index in [2.05, 4.69) is 15.7 Å². The molecule has 2 aromatic carbocycles. The average molecular weight is 511 g/mol. The summed E-state index contributed by atoms with van der Waals surface area (Å²) in [6, 6.07) is 17.0. The first-order chi connectivity index (χ1) is 18.3. The molecule has 2 aromatic heterocycles. The van der Waals surface area contributed by atoms with Gasteiger partial charge in [0, 0.05) is 36.9 Å². The molecule has 0 spiro atoms. The predicted octanol–water partition coefficient (Wildman–Crippen LogP) is 4.54. The predicted molar refractivity (Wildman–Crippen MR) is 150 cm³/mol. The molecule has 2 N–H and O–H groups in total. The summed E-state index contributed by atoms with van der Waals surface area (Å²) in [5.41, 5.74) is 5.46. The van der Waals surface area contributed by atoms with Gasteiger partial charge in [0.2, 0.25) is 5.91 Å². The summed E-state index contributed by atoms with van der Waals surface area (Å²) in [6.45, 7) is 4.75. The molecule has 2 amide bonds. The summed E-state index contributed by atoms with van der Waals surface area (Å²) in [7, 11) is 3.65. The van der Waals surface area contributed by atoms with E-state index in [1.165, 1.54) is 0 Å². The lowest BCUT2D eigenvalue weighted by Crippen LogP contribution is -2.47. The van der Waals surface area contributed by atoms with Crippen LogP contribution in [0, 0.1) is 6.92 Å². The smallest absolute Gasteiger partial charge is 0.252 e. The molecule has 3 heterocycles. The number of hydrogen-bond donors (Lipinski definition) is 2. The van der Waals surface area contributed by atoms with Crippen LogP contribution in [0.3, 0.4) is 0 Å². The summed E-state index contributed by atoms with van der Waals surface area (Å²) >= 11 is 0. The lowest BCUT2D eigenvalue weighted by molar-refractivity contribution is -0.120. The lowest BCUT2D eigenvalue weighted by atomic mass is 10.00. The first-order valence-corrected chi connectivity index (χ1v) is 13.1. The number of nitrogens with zero attached hydrogens (tertiary/aromatic N) is 4. The first-order valence-electron chi connectivity index (χ1n) is 13.1. The number of anilines is 1. The van der Waals surface area contributed by atoms with Gasteiger partial charge < -0.3 is 15.5 Å². The van der Waals surface area contributed by atoms with E-state index >= 15 is 0 Å². The highest BCUT2D eigenvalue weighted by Crippen LogP contribution is 2.29. The molecule has 38 heavy (non-hydrogen) atoms. The number of rotatable bonds is 6. The van der Waals surface area contributed by atoms with Crippen molar-refractivity contribution in [3.63, 3.8) is 0 Å². The van der Waals surface area contributed by atoms with Crippen molar-refractivity contribution >= 4 is 28.4 Å². The first kappa shape index (κ1) is 25.6. The van der Waals surface area contributed by atoms with E-state index in [-0.39, 0.29) is 23.9 Å². The molecule has 0 unspecified atom stereocenters. The van der Waals surface area contributed by atoms with Crippen molar-refractivity contribution < 1.29 is 9.59 Å². The van der Waals surface area contributed by atoms with E-state index in [0.29, 0.717) is 11.3 Å². The standard InChI is InChI=1S/C30H34N6O2/c1-19-12-13-21(36(4)30(38)27-11-7-8-15-31-27)17-23(19)29(37)32-20(2)24-18-28(26-14-16-35(3)34-26)33-25-10-6-5-9-22(24)25/h5-6,9-10,12-14,16-18,20,27,31H,7-8,11,15H2,1-4H3,(H,32,37)/t20-,27-/m1/s1. The Morgan fingerprint density at radius 3 is 2.66 bits per heavy atom. The maximum Gasteiger partial charge on any atom is 0.252 e. The molecule has 0 saturated carbocycles. The number of fused-ring (bicyclic) bond motifs is 1. The maximum atomic E-state index is 13.5. The molecule has 1 fully saturated rings. The monoisotopic (exact) mass is 510 g/mol. The number of pyridine rings is 1. The molecule has 0 bridgehead atoms. The highest BCUT2D eigenvalue weighted by molar-refractivity contribution is 6.00. The van der Waals surface area contributed by atoms with Gasteiger partial charge in [-0.3, -0.25) is 14.3 Å². The van der Waals surface area contributed by atoms with Gasteiger partial charge in [0.25, 0.3) is 5.91 Å². The number of aromatic nitrogens is 3. The average Bonchev–Trinajstić information content (AvgIpc) is 3.38. The molecule has 8 heteroatoms. The molecule has 1 aliphatic heterocycles. The van der Waals surface area contributed by atoms with Gasteiger partial charge in [0.15, 0.2) is 0 Å². The van der Waals surface area contributed by atoms with Crippen LogP contribution in [0.25, 0.3) is 22.3 Å². The van der Waals surface area contributed by atoms with Crippen LogP contribution in [-0.4, -0.2) is 46.2 Å². The van der Waals surface area contributed by atoms with Crippen LogP contribution in [0.15, 0.2) is 60.8 Å². The molecule has 0 aliphatic carbocycles. The lowest BCUT2D eigenvalue weighted by Gasteiger charge is -2.28. The number of piperidine rings is 1. The largest absolute Gasteiger partial charge is 0.345 e. The van der Waals surface area contributed by atoms with Crippen molar-refractivity contribution in [1.29, 1.82) is 0 Å². The number of likely N-dealkylation sites (N-methyl/N-ethyl adjacent to an activating group) is 1. The van der Waals surface area contributed by atoms with Gasteiger partial charge in [-0.2, -0.15) is 5.10 Å². The SMILES string of the molecule is Cc1ccc(N(C)C(=O)[C@H]2CCCCN2)cc1C(=O)N[C@H](C)c1cc(-c2ccn(C)n2)nc2ccccc12. The molecule has 1 saturated heterocycles.